The molecule has 4 heteroatoms. The molecular formula is C16H14BrN3. The van der Waals surface area contributed by atoms with Crippen molar-refractivity contribution in [1.29, 1.82) is 0 Å². The molecule has 0 unspecified atom stereocenters. The second-order valence-corrected chi connectivity index (χ2v) is 5.51. The van der Waals surface area contributed by atoms with Crippen LogP contribution in [0.1, 0.15) is 5.56 Å². The minimum Gasteiger partial charge on any atom is -0.323 e. The molecule has 0 amide bonds. The highest BCUT2D eigenvalue weighted by Crippen LogP contribution is 2.33. The van der Waals surface area contributed by atoms with Crippen LogP contribution in [0, 0.1) is 6.92 Å². The number of fused-ring (bicyclic) bond motifs is 1. The molecule has 0 radical (unpaired) electrons. The maximum absolute atomic E-state index is 5.69. The fourth-order valence-corrected chi connectivity index (χ4v) is 2.77. The molecule has 2 aromatic carbocycles. The van der Waals surface area contributed by atoms with Crippen molar-refractivity contribution in [3.63, 3.8) is 0 Å². The number of hydrazine groups is 1. The van der Waals surface area contributed by atoms with Crippen molar-refractivity contribution in [3.8, 4) is 11.3 Å². The smallest absolute Gasteiger partial charge is 0.0875 e. The summed E-state index contributed by atoms with van der Waals surface area (Å²) in [6.45, 7) is 2.06. The summed E-state index contributed by atoms with van der Waals surface area (Å²) in [5.74, 6) is 5.69. The Kier molecular flexibility index (Phi) is 3.42. The van der Waals surface area contributed by atoms with Crippen molar-refractivity contribution in [1.82, 2.24) is 4.98 Å². The summed E-state index contributed by atoms with van der Waals surface area (Å²) >= 11 is 3.57. The number of pyridine rings is 1. The molecule has 0 aliphatic carbocycles. The van der Waals surface area contributed by atoms with Gasteiger partial charge in [-0.1, -0.05) is 36.4 Å². The summed E-state index contributed by atoms with van der Waals surface area (Å²) in [5.41, 5.74) is 7.70. The molecular weight excluding hydrogens is 314 g/mol. The molecule has 1 aromatic heterocycles. The van der Waals surface area contributed by atoms with Gasteiger partial charge in [0.15, 0.2) is 0 Å². The van der Waals surface area contributed by atoms with Gasteiger partial charge in [0, 0.05) is 15.4 Å². The van der Waals surface area contributed by atoms with E-state index >= 15 is 0 Å². The number of aryl methyl sites for hydroxylation is 1. The molecule has 3 nitrogen and oxygen atoms in total. The number of hydrogen-bond donors (Lipinski definition) is 2. The van der Waals surface area contributed by atoms with Crippen molar-refractivity contribution >= 4 is 32.5 Å². The Hall–Kier alpha value is -1.91. The quantitative estimate of drug-likeness (QED) is 0.546. The first-order valence-electron chi connectivity index (χ1n) is 6.32. The van der Waals surface area contributed by atoms with Crippen LogP contribution < -0.4 is 11.3 Å². The molecule has 0 saturated heterocycles. The zero-order valence-electron chi connectivity index (χ0n) is 11.0. The number of benzene rings is 2. The fourth-order valence-electron chi connectivity index (χ4n) is 2.35. The highest BCUT2D eigenvalue weighted by Gasteiger charge is 2.11. The molecule has 0 aliphatic rings. The molecule has 0 aliphatic heterocycles. The van der Waals surface area contributed by atoms with Gasteiger partial charge in [0.2, 0.25) is 0 Å². The van der Waals surface area contributed by atoms with Gasteiger partial charge < -0.3 is 5.43 Å². The zero-order valence-corrected chi connectivity index (χ0v) is 12.6. The first-order chi connectivity index (χ1) is 9.70. The average Bonchev–Trinajstić information content (AvgIpc) is 2.51. The van der Waals surface area contributed by atoms with Crippen molar-refractivity contribution in [2.75, 3.05) is 5.43 Å². The number of hydrogen-bond acceptors (Lipinski definition) is 3. The lowest BCUT2D eigenvalue weighted by Gasteiger charge is -2.12. The summed E-state index contributed by atoms with van der Waals surface area (Å²) in [4.78, 5) is 4.77. The summed E-state index contributed by atoms with van der Waals surface area (Å²) < 4.78 is 0.965. The van der Waals surface area contributed by atoms with Crippen LogP contribution in [0.15, 0.2) is 53.0 Å². The third-order valence-electron chi connectivity index (χ3n) is 3.34. The first kappa shape index (κ1) is 13.1. The van der Waals surface area contributed by atoms with E-state index in [1.165, 1.54) is 0 Å². The molecule has 3 rings (SSSR count). The molecule has 3 aromatic rings. The largest absolute Gasteiger partial charge is 0.323 e. The van der Waals surface area contributed by atoms with Gasteiger partial charge in [0.25, 0.3) is 0 Å². The van der Waals surface area contributed by atoms with Crippen LogP contribution in [-0.2, 0) is 0 Å². The Bertz CT molecular complexity index is 770. The summed E-state index contributed by atoms with van der Waals surface area (Å²) in [6, 6.07) is 16.1. The van der Waals surface area contributed by atoms with E-state index in [2.05, 4.69) is 34.3 Å². The van der Waals surface area contributed by atoms with Crippen LogP contribution in [0.4, 0.5) is 5.69 Å². The van der Waals surface area contributed by atoms with Crippen molar-refractivity contribution in [3.05, 3.63) is 58.6 Å². The van der Waals surface area contributed by atoms with Gasteiger partial charge in [-0.3, -0.25) is 5.84 Å². The predicted octanol–water partition coefficient (Wildman–Crippen LogP) is 4.26. The van der Waals surface area contributed by atoms with E-state index in [1.54, 1.807) is 0 Å². The standard InChI is InChI=1S/C16H14BrN3/c1-10-7-8-12(17)16-15(10)14(20-18)9-13(19-16)11-5-3-2-4-6-11/h2-9H,18H2,1H3,(H,19,20). The molecule has 0 atom stereocenters. The van der Waals surface area contributed by atoms with Crippen molar-refractivity contribution < 1.29 is 0 Å². The number of nitrogens with one attached hydrogen (secondary N) is 1. The summed E-state index contributed by atoms with van der Waals surface area (Å²) in [5, 5.41) is 1.04. The van der Waals surface area contributed by atoms with Gasteiger partial charge in [-0.05, 0) is 40.5 Å². The molecule has 100 valence electrons. The normalized spacial score (nSPS) is 10.8. The van der Waals surface area contributed by atoms with Crippen LogP contribution in [0.2, 0.25) is 0 Å². The van der Waals surface area contributed by atoms with E-state index in [1.807, 2.05) is 42.5 Å². The lowest BCUT2D eigenvalue weighted by molar-refractivity contribution is 1.32. The van der Waals surface area contributed by atoms with Crippen LogP contribution >= 0.6 is 15.9 Å². The third kappa shape index (κ3) is 2.17. The van der Waals surface area contributed by atoms with Crippen LogP contribution in [0.5, 0.6) is 0 Å². The Labute approximate surface area is 125 Å². The van der Waals surface area contributed by atoms with E-state index in [9.17, 15) is 0 Å². The van der Waals surface area contributed by atoms with E-state index in [0.29, 0.717) is 0 Å². The Morgan fingerprint density at radius 3 is 2.55 bits per heavy atom. The van der Waals surface area contributed by atoms with Crippen molar-refractivity contribution in [2.45, 2.75) is 6.92 Å². The number of nitrogen functional groups attached to an aromatic ring is 1. The maximum atomic E-state index is 5.69. The Morgan fingerprint density at radius 1 is 1.10 bits per heavy atom. The minimum absolute atomic E-state index is 0.882. The highest BCUT2D eigenvalue weighted by molar-refractivity contribution is 9.10. The highest BCUT2D eigenvalue weighted by atomic mass is 79.9. The average molecular weight is 328 g/mol. The Morgan fingerprint density at radius 2 is 1.85 bits per heavy atom. The molecule has 1 heterocycles. The van der Waals surface area contributed by atoms with Crippen LogP contribution in [-0.4, -0.2) is 4.98 Å². The number of anilines is 1. The molecule has 20 heavy (non-hydrogen) atoms. The maximum Gasteiger partial charge on any atom is 0.0875 e. The van der Waals surface area contributed by atoms with E-state index in [0.717, 1.165) is 37.9 Å². The van der Waals surface area contributed by atoms with Gasteiger partial charge in [0.1, 0.15) is 0 Å². The zero-order chi connectivity index (χ0) is 14.1. The molecule has 0 spiro atoms. The SMILES string of the molecule is Cc1ccc(Br)c2nc(-c3ccccc3)cc(NN)c12. The second-order valence-electron chi connectivity index (χ2n) is 4.65. The van der Waals surface area contributed by atoms with E-state index in [4.69, 9.17) is 10.8 Å². The second kappa shape index (κ2) is 5.23. The summed E-state index contributed by atoms with van der Waals surface area (Å²) in [6.07, 6.45) is 0. The lowest BCUT2D eigenvalue weighted by atomic mass is 10.0. The van der Waals surface area contributed by atoms with E-state index in [-0.39, 0.29) is 0 Å². The van der Waals surface area contributed by atoms with Gasteiger partial charge >= 0.3 is 0 Å². The number of halogens is 1. The number of nitrogens with two attached hydrogens (primary N) is 1. The molecule has 0 bridgehead atoms. The minimum atomic E-state index is 0.882. The fraction of sp³-hybridized carbons (Fsp3) is 0.0625. The monoisotopic (exact) mass is 327 g/mol. The number of nitrogens with zero attached hydrogens (tertiary/aromatic N) is 1. The summed E-state index contributed by atoms with van der Waals surface area (Å²) in [7, 11) is 0. The number of aromatic nitrogens is 1. The molecule has 0 saturated carbocycles. The van der Waals surface area contributed by atoms with E-state index < -0.39 is 0 Å². The molecule has 0 fully saturated rings. The van der Waals surface area contributed by atoms with Crippen LogP contribution in [0.25, 0.3) is 22.2 Å². The third-order valence-corrected chi connectivity index (χ3v) is 3.98. The molecule has 3 N–H and O–H groups in total. The van der Waals surface area contributed by atoms with Gasteiger partial charge in [-0.15, -0.1) is 0 Å². The topological polar surface area (TPSA) is 50.9 Å². The Balaban J connectivity index is 2.35. The predicted molar refractivity (Wildman–Crippen MR) is 87.4 cm³/mol. The number of rotatable bonds is 2. The van der Waals surface area contributed by atoms with Gasteiger partial charge in [-0.25, -0.2) is 4.98 Å². The van der Waals surface area contributed by atoms with Crippen LogP contribution in [0.3, 0.4) is 0 Å². The van der Waals surface area contributed by atoms with Crippen molar-refractivity contribution in [2.24, 2.45) is 5.84 Å². The first-order valence-corrected chi connectivity index (χ1v) is 7.12. The van der Waals surface area contributed by atoms with Gasteiger partial charge in [-0.2, -0.15) is 0 Å². The lowest BCUT2D eigenvalue weighted by Crippen LogP contribution is -2.08. The van der Waals surface area contributed by atoms with Gasteiger partial charge in [0.05, 0.1) is 16.9 Å².